The summed E-state index contributed by atoms with van der Waals surface area (Å²) < 4.78 is 1.49. The molecule has 0 aromatic carbocycles. The zero-order valence-electron chi connectivity index (χ0n) is 9.29. The van der Waals surface area contributed by atoms with Gasteiger partial charge in [-0.2, -0.15) is 5.10 Å². The molecule has 1 saturated heterocycles. The second-order valence-electron chi connectivity index (χ2n) is 3.83. The number of aromatic nitrogens is 2. The normalized spacial score (nSPS) is 17.8. The maximum Gasteiger partial charge on any atom is 0.248 e. The van der Waals surface area contributed by atoms with Crippen molar-refractivity contribution in [1.82, 2.24) is 20.0 Å². The number of hydrogen-bond acceptors (Lipinski definition) is 4. The predicted molar refractivity (Wildman–Crippen MR) is 56.7 cm³/mol. The van der Waals surface area contributed by atoms with Crippen molar-refractivity contribution in [2.24, 2.45) is 0 Å². The van der Waals surface area contributed by atoms with Crippen LogP contribution in [0.2, 0.25) is 0 Å². The van der Waals surface area contributed by atoms with Gasteiger partial charge in [-0.05, 0) is 13.0 Å². The number of hydrogen-bond donors (Lipinski definition) is 1. The van der Waals surface area contributed by atoms with Crippen molar-refractivity contribution in [2.45, 2.75) is 13.0 Å². The summed E-state index contributed by atoms with van der Waals surface area (Å²) in [6.07, 6.45) is 3.23. The highest BCUT2D eigenvalue weighted by atomic mass is 16.2. The van der Waals surface area contributed by atoms with Crippen molar-refractivity contribution < 1.29 is 14.4 Å². The third-order valence-corrected chi connectivity index (χ3v) is 2.54. The monoisotopic (exact) mass is 236 g/mol. The Morgan fingerprint density at radius 2 is 2.06 bits per heavy atom. The van der Waals surface area contributed by atoms with Crippen LogP contribution in [0.3, 0.4) is 0 Å². The molecular weight excluding hydrogens is 224 g/mol. The Bertz CT molecular complexity index is 438. The van der Waals surface area contributed by atoms with Crippen LogP contribution in [-0.2, 0) is 14.4 Å². The summed E-state index contributed by atoms with van der Waals surface area (Å²) in [5.41, 5.74) is 0. The molecule has 1 N–H and O–H groups in total. The molecule has 0 saturated carbocycles. The van der Waals surface area contributed by atoms with Crippen LogP contribution in [0.15, 0.2) is 18.5 Å². The molecule has 1 unspecified atom stereocenters. The lowest BCUT2D eigenvalue weighted by molar-refractivity contribution is -0.147. The summed E-state index contributed by atoms with van der Waals surface area (Å²) in [5.74, 6) is -1.21. The highest BCUT2D eigenvalue weighted by Crippen LogP contribution is 2.09. The molecule has 7 nitrogen and oxygen atoms in total. The van der Waals surface area contributed by atoms with Gasteiger partial charge in [0.2, 0.25) is 17.7 Å². The van der Waals surface area contributed by atoms with Crippen LogP contribution >= 0.6 is 0 Å². The van der Waals surface area contributed by atoms with Crippen LogP contribution in [0.1, 0.15) is 13.0 Å². The zero-order chi connectivity index (χ0) is 12.4. The summed E-state index contributed by atoms with van der Waals surface area (Å²) in [7, 11) is 0. The van der Waals surface area contributed by atoms with Crippen LogP contribution in [0.4, 0.5) is 0 Å². The van der Waals surface area contributed by atoms with Crippen molar-refractivity contribution in [3.05, 3.63) is 18.5 Å². The van der Waals surface area contributed by atoms with Crippen LogP contribution in [0.25, 0.3) is 0 Å². The molecule has 90 valence electrons. The number of amides is 3. The minimum atomic E-state index is -0.524. The molecule has 1 aliphatic rings. The molecule has 2 rings (SSSR count). The fourth-order valence-electron chi connectivity index (χ4n) is 1.68. The molecule has 1 aromatic rings. The molecule has 1 fully saturated rings. The van der Waals surface area contributed by atoms with Crippen molar-refractivity contribution in [1.29, 1.82) is 0 Å². The Hall–Kier alpha value is -2.18. The van der Waals surface area contributed by atoms with Gasteiger partial charge in [0, 0.05) is 12.4 Å². The first-order chi connectivity index (χ1) is 8.08. The summed E-state index contributed by atoms with van der Waals surface area (Å²) in [4.78, 5) is 35.5. The summed E-state index contributed by atoms with van der Waals surface area (Å²) in [6.45, 7) is 1.50. The van der Waals surface area contributed by atoms with E-state index in [0.717, 1.165) is 0 Å². The molecule has 3 amide bonds. The molecule has 1 aromatic heterocycles. The van der Waals surface area contributed by atoms with Crippen molar-refractivity contribution in [2.75, 3.05) is 13.1 Å². The Morgan fingerprint density at radius 3 is 2.59 bits per heavy atom. The van der Waals surface area contributed by atoms with Gasteiger partial charge in [-0.3, -0.25) is 24.4 Å². The van der Waals surface area contributed by atoms with Gasteiger partial charge >= 0.3 is 0 Å². The van der Waals surface area contributed by atoms with Gasteiger partial charge in [0.1, 0.15) is 19.1 Å². The first kappa shape index (κ1) is 11.3. The van der Waals surface area contributed by atoms with Gasteiger partial charge in [-0.15, -0.1) is 0 Å². The second-order valence-corrected chi connectivity index (χ2v) is 3.83. The van der Waals surface area contributed by atoms with Gasteiger partial charge in [0.25, 0.3) is 0 Å². The van der Waals surface area contributed by atoms with Crippen molar-refractivity contribution in [3.8, 4) is 0 Å². The second kappa shape index (κ2) is 4.36. The maximum atomic E-state index is 12.0. The molecule has 0 spiro atoms. The SMILES string of the molecule is CC(C(=O)N1CC(=O)NC(=O)C1)n1cccn1. The number of carbonyl (C=O) groups is 3. The zero-order valence-corrected chi connectivity index (χ0v) is 9.29. The van der Waals surface area contributed by atoms with Gasteiger partial charge < -0.3 is 4.90 Å². The Balaban J connectivity index is 2.09. The smallest absolute Gasteiger partial charge is 0.248 e. The van der Waals surface area contributed by atoms with E-state index in [4.69, 9.17) is 0 Å². The average Bonchev–Trinajstić information content (AvgIpc) is 2.79. The van der Waals surface area contributed by atoms with E-state index in [1.54, 1.807) is 25.4 Å². The number of piperazine rings is 1. The lowest BCUT2D eigenvalue weighted by atomic mass is 10.2. The average molecular weight is 236 g/mol. The van der Waals surface area contributed by atoms with E-state index in [2.05, 4.69) is 10.4 Å². The summed E-state index contributed by atoms with van der Waals surface area (Å²) >= 11 is 0. The molecule has 0 radical (unpaired) electrons. The molecule has 0 bridgehead atoms. The molecule has 1 atom stereocenters. The summed E-state index contributed by atoms with van der Waals surface area (Å²) in [6, 6.07) is 1.18. The van der Waals surface area contributed by atoms with E-state index in [9.17, 15) is 14.4 Å². The minimum Gasteiger partial charge on any atom is -0.322 e. The number of carbonyl (C=O) groups excluding carboxylic acids is 3. The molecule has 7 heteroatoms. The van der Waals surface area contributed by atoms with E-state index in [1.807, 2.05) is 0 Å². The maximum absolute atomic E-state index is 12.0. The highest BCUT2D eigenvalue weighted by molar-refractivity contribution is 6.02. The van der Waals surface area contributed by atoms with Gasteiger partial charge in [-0.25, -0.2) is 0 Å². The number of rotatable bonds is 2. The Kier molecular flexibility index (Phi) is 2.90. The third-order valence-electron chi connectivity index (χ3n) is 2.54. The highest BCUT2D eigenvalue weighted by Gasteiger charge is 2.29. The molecular formula is C10H12N4O3. The van der Waals surface area contributed by atoms with Crippen molar-refractivity contribution in [3.63, 3.8) is 0 Å². The number of nitrogens with one attached hydrogen (secondary N) is 1. The van der Waals surface area contributed by atoms with Gasteiger partial charge in [0.15, 0.2) is 0 Å². The van der Waals surface area contributed by atoms with E-state index >= 15 is 0 Å². The lowest BCUT2D eigenvalue weighted by Crippen LogP contribution is -2.54. The van der Waals surface area contributed by atoms with Gasteiger partial charge in [-0.1, -0.05) is 0 Å². The summed E-state index contributed by atoms with van der Waals surface area (Å²) in [5, 5.41) is 6.10. The fourth-order valence-corrected chi connectivity index (χ4v) is 1.68. The third kappa shape index (κ3) is 2.32. The number of nitrogens with zero attached hydrogens (tertiary/aromatic N) is 3. The first-order valence-corrected chi connectivity index (χ1v) is 5.18. The standard InChI is InChI=1S/C10H12N4O3/c1-7(14-4-2-3-11-14)10(17)13-5-8(15)12-9(16)6-13/h2-4,7H,5-6H2,1H3,(H,12,15,16). The first-order valence-electron chi connectivity index (χ1n) is 5.18. The molecule has 2 heterocycles. The van der Waals surface area contributed by atoms with Crippen LogP contribution in [0, 0.1) is 0 Å². The van der Waals surface area contributed by atoms with E-state index in [1.165, 1.54) is 9.58 Å². The van der Waals surface area contributed by atoms with E-state index in [-0.39, 0.29) is 19.0 Å². The van der Waals surface area contributed by atoms with Gasteiger partial charge in [0.05, 0.1) is 0 Å². The Labute approximate surface area is 97.4 Å². The fraction of sp³-hybridized carbons (Fsp3) is 0.400. The Morgan fingerprint density at radius 1 is 1.41 bits per heavy atom. The molecule has 1 aliphatic heterocycles. The lowest BCUT2D eigenvalue weighted by Gasteiger charge is -2.27. The largest absolute Gasteiger partial charge is 0.322 e. The van der Waals surface area contributed by atoms with Crippen LogP contribution < -0.4 is 5.32 Å². The van der Waals surface area contributed by atoms with Crippen molar-refractivity contribution >= 4 is 17.7 Å². The van der Waals surface area contributed by atoms with Crippen LogP contribution in [0.5, 0.6) is 0 Å². The predicted octanol–water partition coefficient (Wildman–Crippen LogP) is -1.07. The quantitative estimate of drug-likeness (QED) is 0.662. The topological polar surface area (TPSA) is 84.3 Å². The van der Waals surface area contributed by atoms with Crippen LogP contribution in [-0.4, -0.2) is 45.5 Å². The number of imide groups is 1. The molecule has 17 heavy (non-hydrogen) atoms. The molecule has 0 aliphatic carbocycles. The minimum absolute atomic E-state index is 0.0871. The van der Waals surface area contributed by atoms with E-state index < -0.39 is 17.9 Å². The van der Waals surface area contributed by atoms with E-state index in [0.29, 0.717) is 0 Å².